The van der Waals surface area contributed by atoms with Gasteiger partial charge in [-0.05, 0) is 36.4 Å². The molecule has 1 aliphatic rings. The summed E-state index contributed by atoms with van der Waals surface area (Å²) in [5, 5.41) is 12.6. The van der Waals surface area contributed by atoms with Crippen LogP contribution in [0.2, 0.25) is 0 Å². The van der Waals surface area contributed by atoms with Gasteiger partial charge < -0.3 is 10.2 Å². The summed E-state index contributed by atoms with van der Waals surface area (Å²) >= 11 is 1.56. The monoisotopic (exact) mass is 355 g/mol. The van der Waals surface area contributed by atoms with Crippen LogP contribution in [-0.2, 0) is 16.0 Å². The van der Waals surface area contributed by atoms with E-state index in [1.54, 1.807) is 45.3 Å². The van der Waals surface area contributed by atoms with Gasteiger partial charge >= 0.3 is 0 Å². The molecule has 1 fully saturated rings. The lowest BCUT2D eigenvalue weighted by Gasteiger charge is -2.23. The van der Waals surface area contributed by atoms with Crippen molar-refractivity contribution in [3.63, 3.8) is 0 Å². The van der Waals surface area contributed by atoms with Gasteiger partial charge in [-0.2, -0.15) is 0 Å². The second-order valence-electron chi connectivity index (χ2n) is 6.00. The lowest BCUT2D eigenvalue weighted by molar-refractivity contribution is -0.136. The molecule has 1 N–H and O–H groups in total. The van der Waals surface area contributed by atoms with E-state index in [1.165, 1.54) is 0 Å². The van der Waals surface area contributed by atoms with Crippen LogP contribution in [0.1, 0.15) is 17.7 Å². The number of fused-ring (bicyclic) bond motifs is 1. The first-order valence-electron chi connectivity index (χ1n) is 8.13. The maximum atomic E-state index is 12.7. The summed E-state index contributed by atoms with van der Waals surface area (Å²) in [5.74, 6) is -0.140. The molecule has 1 aliphatic heterocycles. The molecule has 4 rings (SSSR count). The first-order chi connectivity index (χ1) is 12.2. The van der Waals surface area contributed by atoms with Crippen LogP contribution in [0.25, 0.3) is 5.65 Å². The van der Waals surface area contributed by atoms with Gasteiger partial charge in [0.05, 0.1) is 12.1 Å². The molecule has 0 spiro atoms. The van der Waals surface area contributed by atoms with Crippen LogP contribution in [0, 0.1) is 0 Å². The number of likely N-dealkylation sites (tertiary alicyclic amines) is 1. The number of pyridine rings is 1. The molecule has 2 amide bonds. The number of hydrogen-bond donors (Lipinski definition) is 1. The number of anilines is 1. The normalized spacial score (nSPS) is 17.1. The Bertz CT molecular complexity index is 905. The zero-order chi connectivity index (χ0) is 17.2. The molecule has 0 aromatic carbocycles. The zero-order valence-electron chi connectivity index (χ0n) is 13.5. The summed E-state index contributed by atoms with van der Waals surface area (Å²) in [6, 6.07) is 7.04. The summed E-state index contributed by atoms with van der Waals surface area (Å²) < 4.78 is 1.74. The van der Waals surface area contributed by atoms with Crippen LogP contribution in [0.4, 0.5) is 5.69 Å². The van der Waals surface area contributed by atoms with E-state index < -0.39 is 6.04 Å². The number of nitrogens with zero attached hydrogens (tertiary/aromatic N) is 4. The Morgan fingerprint density at radius 3 is 3.08 bits per heavy atom. The number of hydrogen-bond acceptors (Lipinski definition) is 5. The molecule has 1 saturated heterocycles. The van der Waals surface area contributed by atoms with E-state index in [-0.39, 0.29) is 11.8 Å². The molecule has 0 aliphatic carbocycles. The third-order valence-electron chi connectivity index (χ3n) is 4.34. The molecule has 25 heavy (non-hydrogen) atoms. The SMILES string of the molecule is O=C(Nc1ccc2nncn2c1)C1CCCN1C(=O)Cc1cccs1. The van der Waals surface area contributed by atoms with Gasteiger partial charge in [-0.1, -0.05) is 6.07 Å². The van der Waals surface area contributed by atoms with E-state index in [2.05, 4.69) is 15.5 Å². The van der Waals surface area contributed by atoms with E-state index in [9.17, 15) is 9.59 Å². The molecule has 0 saturated carbocycles. The average Bonchev–Trinajstić information content (AvgIpc) is 3.35. The van der Waals surface area contributed by atoms with Crippen molar-refractivity contribution in [3.8, 4) is 0 Å². The standard InChI is InChI=1S/C17H17N5O2S/c23-16(9-13-3-2-8-25-13)22-7-1-4-14(22)17(24)19-12-5-6-15-20-18-11-21(15)10-12/h2-3,5-6,8,10-11,14H,1,4,7,9H2,(H,19,24). The van der Waals surface area contributed by atoms with Gasteiger partial charge in [-0.25, -0.2) is 0 Å². The van der Waals surface area contributed by atoms with Crippen LogP contribution >= 0.6 is 11.3 Å². The topological polar surface area (TPSA) is 79.6 Å². The molecule has 1 unspecified atom stereocenters. The minimum atomic E-state index is -0.413. The van der Waals surface area contributed by atoms with Gasteiger partial charge in [0.1, 0.15) is 12.4 Å². The van der Waals surface area contributed by atoms with Crippen molar-refractivity contribution in [2.45, 2.75) is 25.3 Å². The summed E-state index contributed by atoms with van der Waals surface area (Å²) in [4.78, 5) is 27.9. The number of thiophene rings is 1. The lowest BCUT2D eigenvalue weighted by atomic mass is 10.2. The largest absolute Gasteiger partial charge is 0.330 e. The maximum absolute atomic E-state index is 12.7. The molecule has 3 aromatic heterocycles. The second-order valence-corrected chi connectivity index (χ2v) is 7.04. The molecule has 128 valence electrons. The van der Waals surface area contributed by atoms with Crippen LogP contribution in [0.3, 0.4) is 0 Å². The third kappa shape index (κ3) is 3.25. The van der Waals surface area contributed by atoms with Crippen molar-refractivity contribution in [1.82, 2.24) is 19.5 Å². The van der Waals surface area contributed by atoms with Crippen LogP contribution in [0.5, 0.6) is 0 Å². The zero-order valence-corrected chi connectivity index (χ0v) is 14.3. The molecule has 1 atom stereocenters. The van der Waals surface area contributed by atoms with Crippen molar-refractivity contribution in [3.05, 3.63) is 47.0 Å². The van der Waals surface area contributed by atoms with Gasteiger partial charge in [-0.3, -0.25) is 14.0 Å². The lowest BCUT2D eigenvalue weighted by Crippen LogP contribution is -2.43. The Balaban J connectivity index is 1.45. The van der Waals surface area contributed by atoms with Crippen LogP contribution < -0.4 is 5.32 Å². The van der Waals surface area contributed by atoms with Crippen molar-refractivity contribution in [1.29, 1.82) is 0 Å². The van der Waals surface area contributed by atoms with Crippen LogP contribution in [-0.4, -0.2) is 43.9 Å². The molecule has 7 nitrogen and oxygen atoms in total. The maximum Gasteiger partial charge on any atom is 0.247 e. The third-order valence-corrected chi connectivity index (χ3v) is 5.22. The van der Waals surface area contributed by atoms with Gasteiger partial charge in [0, 0.05) is 17.6 Å². The highest BCUT2D eigenvalue weighted by Gasteiger charge is 2.34. The number of aromatic nitrogens is 3. The number of carbonyl (C=O) groups excluding carboxylic acids is 2. The fourth-order valence-electron chi connectivity index (χ4n) is 3.13. The summed E-state index contributed by atoms with van der Waals surface area (Å²) in [7, 11) is 0. The van der Waals surface area contributed by atoms with Crippen molar-refractivity contribution in [2.75, 3.05) is 11.9 Å². The van der Waals surface area contributed by atoms with Gasteiger partial charge in [0.2, 0.25) is 11.8 Å². The first-order valence-corrected chi connectivity index (χ1v) is 9.01. The predicted octanol–water partition coefficient (Wildman–Crippen LogP) is 1.96. The Morgan fingerprint density at radius 2 is 2.24 bits per heavy atom. The molecule has 4 heterocycles. The predicted molar refractivity (Wildman–Crippen MR) is 94.4 cm³/mol. The Labute approximate surface area is 148 Å². The van der Waals surface area contributed by atoms with Gasteiger partial charge in [0.25, 0.3) is 0 Å². The van der Waals surface area contributed by atoms with E-state index in [1.807, 2.05) is 17.5 Å². The highest BCUT2D eigenvalue weighted by atomic mass is 32.1. The number of rotatable bonds is 4. The summed E-state index contributed by atoms with van der Waals surface area (Å²) in [5.41, 5.74) is 1.38. The van der Waals surface area contributed by atoms with E-state index in [0.717, 1.165) is 11.3 Å². The molecule has 8 heteroatoms. The van der Waals surface area contributed by atoms with Crippen molar-refractivity contribution >= 4 is 34.5 Å². The Morgan fingerprint density at radius 1 is 1.32 bits per heavy atom. The number of carbonyl (C=O) groups is 2. The van der Waals surface area contributed by atoms with E-state index in [0.29, 0.717) is 30.7 Å². The minimum absolute atomic E-state index is 0.00867. The smallest absolute Gasteiger partial charge is 0.247 e. The minimum Gasteiger partial charge on any atom is -0.330 e. The summed E-state index contributed by atoms with van der Waals surface area (Å²) in [6.07, 6.45) is 5.24. The summed E-state index contributed by atoms with van der Waals surface area (Å²) in [6.45, 7) is 0.632. The number of nitrogens with one attached hydrogen (secondary N) is 1. The molecule has 0 bridgehead atoms. The molecule has 3 aromatic rings. The first kappa shape index (κ1) is 15.8. The quantitative estimate of drug-likeness (QED) is 0.776. The fraction of sp³-hybridized carbons (Fsp3) is 0.294. The molecular weight excluding hydrogens is 338 g/mol. The molecule has 0 radical (unpaired) electrons. The van der Waals surface area contributed by atoms with Gasteiger partial charge in [0.15, 0.2) is 5.65 Å². The molecular formula is C17H17N5O2S. The van der Waals surface area contributed by atoms with E-state index >= 15 is 0 Å². The van der Waals surface area contributed by atoms with Crippen molar-refractivity contribution in [2.24, 2.45) is 0 Å². The van der Waals surface area contributed by atoms with Crippen LogP contribution in [0.15, 0.2) is 42.2 Å². The number of amides is 2. The average molecular weight is 355 g/mol. The van der Waals surface area contributed by atoms with Crippen molar-refractivity contribution < 1.29 is 9.59 Å². The fourth-order valence-corrected chi connectivity index (χ4v) is 3.82. The second kappa shape index (κ2) is 6.64. The highest BCUT2D eigenvalue weighted by Crippen LogP contribution is 2.21. The van der Waals surface area contributed by atoms with Gasteiger partial charge in [-0.15, -0.1) is 21.5 Å². The Hall–Kier alpha value is -2.74. The highest BCUT2D eigenvalue weighted by molar-refractivity contribution is 7.10. The van der Waals surface area contributed by atoms with E-state index in [4.69, 9.17) is 0 Å². The Kier molecular flexibility index (Phi) is 4.19.